The van der Waals surface area contributed by atoms with Crippen molar-refractivity contribution >= 4 is 29.2 Å². The molecule has 8 heteroatoms. The maximum absolute atomic E-state index is 6.22. The average Bonchev–Trinajstić information content (AvgIpc) is 3.27. The smallest absolute Gasteiger partial charge is 0.231 e. The molecule has 2 aliphatic heterocycles. The van der Waals surface area contributed by atoms with Crippen LogP contribution in [0.4, 0.5) is 11.8 Å². The van der Waals surface area contributed by atoms with Crippen LogP contribution in [0.25, 0.3) is 5.70 Å². The van der Waals surface area contributed by atoms with Crippen molar-refractivity contribution in [2.75, 3.05) is 22.9 Å². The summed E-state index contributed by atoms with van der Waals surface area (Å²) in [6.07, 6.45) is 7.81. The van der Waals surface area contributed by atoms with Gasteiger partial charge in [-0.1, -0.05) is 11.8 Å². The van der Waals surface area contributed by atoms with Gasteiger partial charge in [0.2, 0.25) is 5.95 Å². The Labute approximate surface area is 132 Å². The van der Waals surface area contributed by atoms with E-state index in [2.05, 4.69) is 30.5 Å². The fourth-order valence-corrected chi connectivity index (χ4v) is 3.70. The lowest BCUT2D eigenvalue weighted by molar-refractivity contribution is 0.883. The van der Waals surface area contributed by atoms with E-state index in [-0.39, 0.29) is 5.50 Å². The van der Waals surface area contributed by atoms with E-state index in [9.17, 15) is 0 Å². The third kappa shape index (κ3) is 2.24. The normalized spacial score (nSPS) is 21.5. The van der Waals surface area contributed by atoms with Crippen LogP contribution in [0.5, 0.6) is 0 Å². The second kappa shape index (κ2) is 5.62. The molecule has 0 saturated carbocycles. The molecule has 7 nitrogen and oxygen atoms in total. The number of nitrogens with one attached hydrogen (secondary N) is 1. The van der Waals surface area contributed by atoms with Crippen molar-refractivity contribution in [2.45, 2.75) is 18.3 Å². The molecule has 1 unspecified atom stereocenters. The fourth-order valence-electron chi connectivity index (χ4n) is 2.86. The minimum atomic E-state index is -0.223. The largest absolute Gasteiger partial charge is 0.355 e. The molecule has 4 rings (SSSR count). The van der Waals surface area contributed by atoms with E-state index in [0.717, 1.165) is 30.2 Å². The Morgan fingerprint density at radius 3 is 2.77 bits per heavy atom. The van der Waals surface area contributed by atoms with Gasteiger partial charge in [0.05, 0.1) is 11.3 Å². The summed E-state index contributed by atoms with van der Waals surface area (Å²) in [4.78, 5) is 12.9. The first-order valence-electron chi connectivity index (χ1n) is 7.31. The van der Waals surface area contributed by atoms with Crippen LogP contribution in [0.15, 0.2) is 30.1 Å². The number of H-pyrrole nitrogens is 1. The van der Waals surface area contributed by atoms with Gasteiger partial charge < -0.3 is 10.6 Å². The number of thioether (sulfide) groups is 1. The number of anilines is 2. The van der Waals surface area contributed by atoms with E-state index >= 15 is 0 Å². The van der Waals surface area contributed by atoms with Crippen molar-refractivity contribution in [2.24, 2.45) is 5.73 Å². The molecule has 0 aliphatic carbocycles. The first kappa shape index (κ1) is 13.6. The highest BCUT2D eigenvalue weighted by Crippen LogP contribution is 2.39. The molecule has 0 bridgehead atoms. The van der Waals surface area contributed by atoms with Crippen LogP contribution in [0.2, 0.25) is 0 Å². The molecule has 1 atom stereocenters. The van der Waals surface area contributed by atoms with Gasteiger partial charge in [-0.05, 0) is 24.3 Å². The molecule has 0 radical (unpaired) electrons. The van der Waals surface area contributed by atoms with E-state index in [1.54, 1.807) is 30.2 Å². The molecule has 2 aromatic rings. The Kier molecular flexibility index (Phi) is 3.47. The van der Waals surface area contributed by atoms with Crippen LogP contribution in [0, 0.1) is 0 Å². The van der Waals surface area contributed by atoms with Crippen molar-refractivity contribution in [3.63, 3.8) is 0 Å². The molecule has 4 heterocycles. The monoisotopic (exact) mass is 315 g/mol. The quantitative estimate of drug-likeness (QED) is 0.889. The molecule has 22 heavy (non-hydrogen) atoms. The summed E-state index contributed by atoms with van der Waals surface area (Å²) >= 11 is 1.56. The number of rotatable bonds is 3. The van der Waals surface area contributed by atoms with Gasteiger partial charge in [-0.3, -0.25) is 10.00 Å². The number of hydrogen-bond acceptors (Lipinski definition) is 7. The van der Waals surface area contributed by atoms with E-state index in [1.165, 1.54) is 12.8 Å². The molecule has 2 aliphatic rings. The lowest BCUT2D eigenvalue weighted by Crippen LogP contribution is -2.36. The highest BCUT2D eigenvalue weighted by Gasteiger charge is 2.31. The van der Waals surface area contributed by atoms with Crippen LogP contribution < -0.4 is 15.5 Å². The van der Waals surface area contributed by atoms with Crippen LogP contribution >= 0.6 is 11.8 Å². The molecular formula is C14H17N7S. The molecule has 1 fully saturated rings. The molecule has 2 aromatic heterocycles. The van der Waals surface area contributed by atoms with Crippen LogP contribution in [-0.4, -0.2) is 38.8 Å². The predicted molar refractivity (Wildman–Crippen MR) is 88.1 cm³/mol. The maximum atomic E-state index is 6.22. The summed E-state index contributed by atoms with van der Waals surface area (Å²) in [5.74, 6) is 1.60. The Morgan fingerprint density at radius 2 is 2.00 bits per heavy atom. The standard InChI is InChI=1S/C14H17N7S/c15-13-21(14-16-4-3-5-17-14)11(9-22-13)10-8-18-19-12(10)20-6-1-2-7-20/h3-5,8-9,13H,1-2,6-7,15H2,(H,18,19). The van der Waals surface area contributed by atoms with Gasteiger partial charge in [0.15, 0.2) is 5.82 Å². The molecule has 0 aromatic carbocycles. The molecule has 0 amide bonds. The zero-order valence-electron chi connectivity index (χ0n) is 12.0. The minimum Gasteiger partial charge on any atom is -0.355 e. The van der Waals surface area contributed by atoms with Gasteiger partial charge in [0.1, 0.15) is 5.50 Å². The van der Waals surface area contributed by atoms with Gasteiger partial charge in [-0.25, -0.2) is 9.97 Å². The van der Waals surface area contributed by atoms with E-state index in [1.807, 2.05) is 11.1 Å². The van der Waals surface area contributed by atoms with E-state index in [4.69, 9.17) is 5.73 Å². The number of aromatic nitrogens is 4. The Hall–Kier alpha value is -2.06. The summed E-state index contributed by atoms with van der Waals surface area (Å²) in [5.41, 5.74) is 8.05. The van der Waals surface area contributed by atoms with Crippen molar-refractivity contribution in [3.05, 3.63) is 35.6 Å². The summed E-state index contributed by atoms with van der Waals surface area (Å²) in [6, 6.07) is 1.80. The Bertz CT molecular complexity index is 678. The van der Waals surface area contributed by atoms with E-state index in [0.29, 0.717) is 5.95 Å². The van der Waals surface area contributed by atoms with Crippen molar-refractivity contribution < 1.29 is 0 Å². The molecule has 0 spiro atoms. The van der Waals surface area contributed by atoms with Crippen LogP contribution in [0.3, 0.4) is 0 Å². The third-order valence-corrected chi connectivity index (χ3v) is 4.75. The van der Waals surface area contributed by atoms with Crippen LogP contribution in [-0.2, 0) is 0 Å². The first-order valence-corrected chi connectivity index (χ1v) is 8.25. The number of aromatic amines is 1. The summed E-state index contributed by atoms with van der Waals surface area (Å²) in [6.45, 7) is 2.10. The minimum absolute atomic E-state index is 0.223. The summed E-state index contributed by atoms with van der Waals surface area (Å²) in [5, 5.41) is 9.49. The molecule has 1 saturated heterocycles. The Morgan fingerprint density at radius 1 is 1.23 bits per heavy atom. The summed E-state index contributed by atoms with van der Waals surface area (Å²) in [7, 11) is 0. The van der Waals surface area contributed by atoms with Gasteiger partial charge in [0.25, 0.3) is 0 Å². The SMILES string of the molecule is NC1SC=C(c2c[nH]nc2N2CCCC2)N1c1ncccn1. The number of hydrogen-bond donors (Lipinski definition) is 2. The summed E-state index contributed by atoms with van der Waals surface area (Å²) < 4.78 is 0. The van der Waals surface area contributed by atoms with Crippen molar-refractivity contribution in [1.82, 2.24) is 20.2 Å². The highest BCUT2D eigenvalue weighted by molar-refractivity contribution is 8.03. The first-order chi connectivity index (χ1) is 10.8. The lowest BCUT2D eigenvalue weighted by atomic mass is 10.2. The van der Waals surface area contributed by atoms with Crippen molar-refractivity contribution in [3.8, 4) is 0 Å². The van der Waals surface area contributed by atoms with Crippen molar-refractivity contribution in [1.29, 1.82) is 0 Å². The topological polar surface area (TPSA) is 87.0 Å². The van der Waals surface area contributed by atoms with Gasteiger partial charge in [-0.2, -0.15) is 5.10 Å². The fraction of sp³-hybridized carbons (Fsp3) is 0.357. The number of nitrogens with zero attached hydrogens (tertiary/aromatic N) is 5. The van der Waals surface area contributed by atoms with Gasteiger partial charge in [-0.15, -0.1) is 0 Å². The van der Waals surface area contributed by atoms with Gasteiger partial charge >= 0.3 is 0 Å². The molecule has 114 valence electrons. The average molecular weight is 315 g/mol. The molecular weight excluding hydrogens is 298 g/mol. The lowest BCUT2D eigenvalue weighted by Gasteiger charge is -2.25. The van der Waals surface area contributed by atoms with E-state index < -0.39 is 0 Å². The second-order valence-corrected chi connectivity index (χ2v) is 6.26. The zero-order chi connectivity index (χ0) is 14.9. The third-order valence-electron chi connectivity index (χ3n) is 3.90. The van der Waals surface area contributed by atoms with Gasteiger partial charge in [0, 0.05) is 31.7 Å². The van der Waals surface area contributed by atoms with Crippen LogP contribution in [0.1, 0.15) is 18.4 Å². The molecule has 3 N–H and O–H groups in total. The second-order valence-electron chi connectivity index (χ2n) is 5.27. The Balaban J connectivity index is 1.71. The maximum Gasteiger partial charge on any atom is 0.231 e. The highest BCUT2D eigenvalue weighted by atomic mass is 32.2. The number of nitrogens with two attached hydrogens (primary N) is 1. The zero-order valence-corrected chi connectivity index (χ0v) is 12.8. The predicted octanol–water partition coefficient (Wildman–Crippen LogP) is 1.59.